The van der Waals surface area contributed by atoms with Crippen LogP contribution in [0.1, 0.15) is 50.8 Å². The largest absolute Gasteiger partial charge is 0.416 e. The summed E-state index contributed by atoms with van der Waals surface area (Å²) in [6.07, 6.45) is 2.76. The van der Waals surface area contributed by atoms with E-state index in [4.69, 9.17) is 0 Å². The first-order valence-electron chi connectivity index (χ1n) is 10.1. The maximum absolute atomic E-state index is 13.0. The molecule has 1 aliphatic rings. The van der Waals surface area contributed by atoms with E-state index in [0.29, 0.717) is 11.6 Å². The molecular formula is C22H24F3N3O2S. The van der Waals surface area contributed by atoms with E-state index in [-0.39, 0.29) is 22.8 Å². The lowest BCUT2D eigenvalue weighted by atomic mass is 9.86. The number of carbonyl (C=O) groups is 2. The molecule has 5 nitrogen and oxygen atoms in total. The number of thiazole rings is 1. The Morgan fingerprint density at radius 3 is 2.68 bits per heavy atom. The quantitative estimate of drug-likeness (QED) is 0.606. The zero-order valence-corrected chi connectivity index (χ0v) is 18.1. The highest BCUT2D eigenvalue weighted by atomic mass is 32.1. The second-order valence-electron chi connectivity index (χ2n) is 7.67. The molecule has 9 heteroatoms. The van der Waals surface area contributed by atoms with Crippen molar-refractivity contribution in [1.29, 1.82) is 0 Å². The molecule has 1 fully saturated rings. The summed E-state index contributed by atoms with van der Waals surface area (Å²) in [5, 5.41) is 4.89. The Bertz CT molecular complexity index is 971. The van der Waals surface area contributed by atoms with Crippen LogP contribution in [-0.2, 0) is 15.8 Å². The highest BCUT2D eigenvalue weighted by Gasteiger charge is 2.31. The van der Waals surface area contributed by atoms with Gasteiger partial charge in [-0.3, -0.25) is 14.5 Å². The fraction of sp³-hybridized carbons (Fsp3) is 0.409. The van der Waals surface area contributed by atoms with Gasteiger partial charge in [0.15, 0.2) is 5.13 Å². The SMILES string of the molecule is CC(=O)N(c1cccc(C(F)(F)F)c1)c1nc(/C=C/C(=O)NC2CCCCC2C)cs1. The molecule has 2 amide bonds. The van der Waals surface area contributed by atoms with Gasteiger partial charge in [0, 0.05) is 24.4 Å². The number of nitrogens with zero attached hydrogens (tertiary/aromatic N) is 2. The predicted octanol–water partition coefficient (Wildman–Crippen LogP) is 5.55. The standard InChI is InChI=1S/C22H24F3N3O2S/c1-14-6-3-4-9-19(14)27-20(30)11-10-17-13-31-21(26-17)28(15(2)29)18-8-5-7-16(12-18)22(23,24)25/h5,7-8,10-14,19H,3-4,6,9H2,1-2H3,(H,27,30)/b11-10+. The number of rotatable bonds is 5. The van der Waals surface area contributed by atoms with Gasteiger partial charge in [-0.25, -0.2) is 4.98 Å². The molecule has 0 radical (unpaired) electrons. The third-order valence-corrected chi connectivity index (χ3v) is 6.14. The minimum atomic E-state index is -4.52. The molecule has 2 atom stereocenters. The Kier molecular flexibility index (Phi) is 7.15. The summed E-state index contributed by atoms with van der Waals surface area (Å²) >= 11 is 1.11. The molecule has 1 aromatic carbocycles. The van der Waals surface area contributed by atoms with Crippen molar-refractivity contribution in [2.75, 3.05) is 4.90 Å². The van der Waals surface area contributed by atoms with E-state index in [9.17, 15) is 22.8 Å². The van der Waals surface area contributed by atoms with Crippen molar-refractivity contribution < 1.29 is 22.8 Å². The van der Waals surface area contributed by atoms with Gasteiger partial charge in [-0.1, -0.05) is 25.8 Å². The normalized spacial score (nSPS) is 19.4. The molecule has 31 heavy (non-hydrogen) atoms. The summed E-state index contributed by atoms with van der Waals surface area (Å²) in [6.45, 7) is 3.39. The molecule has 3 rings (SSSR count). The molecule has 1 aliphatic carbocycles. The molecule has 0 spiro atoms. The lowest BCUT2D eigenvalue weighted by Gasteiger charge is -2.29. The first kappa shape index (κ1) is 23.0. The van der Waals surface area contributed by atoms with Crippen molar-refractivity contribution in [2.45, 2.75) is 51.7 Å². The average molecular weight is 452 g/mol. The summed E-state index contributed by atoms with van der Waals surface area (Å²) in [6, 6.07) is 4.69. The summed E-state index contributed by atoms with van der Waals surface area (Å²) in [5.41, 5.74) is -0.317. The maximum atomic E-state index is 13.0. The predicted molar refractivity (Wildman–Crippen MR) is 115 cm³/mol. The van der Waals surface area contributed by atoms with Gasteiger partial charge in [0.1, 0.15) is 0 Å². The van der Waals surface area contributed by atoms with Crippen LogP contribution in [0.5, 0.6) is 0 Å². The third kappa shape index (κ3) is 5.94. The van der Waals surface area contributed by atoms with Gasteiger partial charge in [0.2, 0.25) is 11.8 Å². The molecular weight excluding hydrogens is 427 g/mol. The van der Waals surface area contributed by atoms with Crippen LogP contribution in [-0.4, -0.2) is 22.8 Å². The van der Waals surface area contributed by atoms with Crippen molar-refractivity contribution in [1.82, 2.24) is 10.3 Å². The van der Waals surface area contributed by atoms with E-state index < -0.39 is 17.6 Å². The molecule has 1 aromatic heterocycles. The number of amides is 2. The maximum Gasteiger partial charge on any atom is 0.416 e. The van der Waals surface area contributed by atoms with E-state index in [2.05, 4.69) is 17.2 Å². The molecule has 2 unspecified atom stereocenters. The molecule has 1 N–H and O–H groups in total. The topological polar surface area (TPSA) is 62.3 Å². The zero-order valence-electron chi connectivity index (χ0n) is 17.3. The van der Waals surface area contributed by atoms with Crippen LogP contribution in [0.15, 0.2) is 35.7 Å². The Labute approximate surface area is 183 Å². The van der Waals surface area contributed by atoms with E-state index in [1.54, 1.807) is 5.38 Å². The number of hydrogen-bond donors (Lipinski definition) is 1. The van der Waals surface area contributed by atoms with E-state index >= 15 is 0 Å². The van der Waals surface area contributed by atoms with Gasteiger partial charge in [-0.15, -0.1) is 11.3 Å². The van der Waals surface area contributed by atoms with Crippen LogP contribution in [0.2, 0.25) is 0 Å². The Morgan fingerprint density at radius 2 is 2.00 bits per heavy atom. The van der Waals surface area contributed by atoms with E-state index in [0.717, 1.165) is 47.6 Å². The summed E-state index contributed by atoms with van der Waals surface area (Å²) < 4.78 is 39.1. The monoisotopic (exact) mass is 451 g/mol. The number of benzene rings is 1. The fourth-order valence-corrected chi connectivity index (χ4v) is 4.48. The molecule has 166 valence electrons. The smallest absolute Gasteiger partial charge is 0.350 e. The summed E-state index contributed by atoms with van der Waals surface area (Å²) in [7, 11) is 0. The highest BCUT2D eigenvalue weighted by Crippen LogP contribution is 2.35. The number of nitrogens with one attached hydrogen (secondary N) is 1. The number of anilines is 2. The first-order chi connectivity index (χ1) is 14.6. The second-order valence-corrected chi connectivity index (χ2v) is 8.50. The van der Waals surface area contributed by atoms with Crippen LogP contribution in [0.3, 0.4) is 0 Å². The third-order valence-electron chi connectivity index (χ3n) is 5.29. The lowest BCUT2D eigenvalue weighted by molar-refractivity contribution is -0.137. The zero-order chi connectivity index (χ0) is 22.6. The molecule has 0 saturated heterocycles. The molecule has 1 heterocycles. The molecule has 0 aliphatic heterocycles. The minimum Gasteiger partial charge on any atom is -0.350 e. The Balaban J connectivity index is 1.74. The van der Waals surface area contributed by atoms with Crippen LogP contribution in [0, 0.1) is 5.92 Å². The van der Waals surface area contributed by atoms with Crippen LogP contribution < -0.4 is 10.2 Å². The number of halogens is 3. The van der Waals surface area contributed by atoms with Crippen molar-refractivity contribution in [2.24, 2.45) is 5.92 Å². The Morgan fingerprint density at radius 1 is 1.26 bits per heavy atom. The molecule has 2 aromatic rings. The molecule has 1 saturated carbocycles. The van der Waals surface area contributed by atoms with E-state index in [1.807, 2.05) is 0 Å². The van der Waals surface area contributed by atoms with Crippen LogP contribution >= 0.6 is 11.3 Å². The summed E-state index contributed by atoms with van der Waals surface area (Å²) in [5.74, 6) is -0.239. The number of hydrogen-bond acceptors (Lipinski definition) is 4. The van der Waals surface area contributed by atoms with Crippen LogP contribution in [0.25, 0.3) is 6.08 Å². The summed E-state index contributed by atoms with van der Waals surface area (Å²) in [4.78, 5) is 29.8. The second kappa shape index (κ2) is 9.64. The van der Waals surface area contributed by atoms with Gasteiger partial charge in [0.25, 0.3) is 0 Å². The number of alkyl halides is 3. The van der Waals surface area contributed by atoms with Gasteiger partial charge < -0.3 is 5.32 Å². The minimum absolute atomic E-state index is 0.0798. The average Bonchev–Trinajstić information content (AvgIpc) is 3.16. The van der Waals surface area contributed by atoms with Gasteiger partial charge >= 0.3 is 6.18 Å². The van der Waals surface area contributed by atoms with Gasteiger partial charge in [0.05, 0.1) is 16.9 Å². The number of carbonyl (C=O) groups excluding carboxylic acids is 2. The van der Waals surface area contributed by atoms with Crippen molar-refractivity contribution in [3.8, 4) is 0 Å². The van der Waals surface area contributed by atoms with Crippen molar-refractivity contribution in [3.05, 3.63) is 47.0 Å². The molecule has 0 bridgehead atoms. The van der Waals surface area contributed by atoms with Gasteiger partial charge in [-0.2, -0.15) is 13.2 Å². The van der Waals surface area contributed by atoms with Crippen molar-refractivity contribution >= 4 is 40.0 Å². The fourth-order valence-electron chi connectivity index (χ4n) is 3.63. The Hall–Kier alpha value is -2.68. The highest BCUT2D eigenvalue weighted by molar-refractivity contribution is 7.14. The van der Waals surface area contributed by atoms with Crippen LogP contribution in [0.4, 0.5) is 24.0 Å². The van der Waals surface area contributed by atoms with E-state index in [1.165, 1.54) is 37.6 Å². The van der Waals surface area contributed by atoms with Gasteiger partial charge in [-0.05, 0) is 43.0 Å². The number of aromatic nitrogens is 1. The lowest BCUT2D eigenvalue weighted by Crippen LogP contribution is -2.40. The first-order valence-corrected chi connectivity index (χ1v) is 10.9. The van der Waals surface area contributed by atoms with Crippen molar-refractivity contribution in [3.63, 3.8) is 0 Å².